The maximum absolute atomic E-state index is 10.4. The molecule has 1 aliphatic heterocycles. The van der Waals surface area contributed by atoms with E-state index in [4.69, 9.17) is 5.73 Å². The highest BCUT2D eigenvalue weighted by atomic mass is 32.2. The standard InChI is InChI=1S/C19H31N5OS/c1-2-3-4-5-6-7-26-12-15-10-24(11-16(15)25)9-14-8-21-18-17(14)22-13-23-19(18)20/h8,13,15-16,21,25H,2-7,9-12H2,1H3,(H2,20,22,23)/t15-,16?/m1/s1. The smallest absolute Gasteiger partial charge is 0.151 e. The van der Waals surface area contributed by atoms with Gasteiger partial charge in [0.15, 0.2) is 5.82 Å². The number of thioether (sulfide) groups is 1. The molecule has 2 aromatic heterocycles. The highest BCUT2D eigenvalue weighted by molar-refractivity contribution is 7.99. The SMILES string of the molecule is CCCCCCCSC[C@H]1CN(Cc2c[nH]c3c(N)ncnc23)CC1O. The van der Waals surface area contributed by atoms with Crippen LogP contribution in [0.2, 0.25) is 0 Å². The summed E-state index contributed by atoms with van der Waals surface area (Å²) in [5.74, 6) is 3.11. The van der Waals surface area contributed by atoms with Crippen molar-refractivity contribution in [3.63, 3.8) is 0 Å². The Hall–Kier alpha value is -1.31. The summed E-state index contributed by atoms with van der Waals surface area (Å²) in [6.45, 7) is 4.71. The maximum Gasteiger partial charge on any atom is 0.151 e. The fourth-order valence-electron chi connectivity index (χ4n) is 3.65. The Bertz CT molecular complexity index is 692. The number of nitrogens with two attached hydrogens (primary N) is 1. The number of anilines is 1. The Labute approximate surface area is 160 Å². The van der Waals surface area contributed by atoms with Gasteiger partial charge in [0.25, 0.3) is 0 Å². The van der Waals surface area contributed by atoms with Gasteiger partial charge in [0.2, 0.25) is 0 Å². The summed E-state index contributed by atoms with van der Waals surface area (Å²) in [6, 6.07) is 0. The Kier molecular flexibility index (Phi) is 7.16. The van der Waals surface area contributed by atoms with Crippen LogP contribution in [0.5, 0.6) is 0 Å². The lowest BCUT2D eigenvalue weighted by Gasteiger charge is -2.15. The van der Waals surface area contributed by atoms with Crippen LogP contribution in [-0.4, -0.2) is 55.7 Å². The fourth-order valence-corrected chi connectivity index (χ4v) is 4.86. The van der Waals surface area contributed by atoms with Gasteiger partial charge in [0, 0.05) is 37.3 Å². The summed E-state index contributed by atoms with van der Waals surface area (Å²) in [7, 11) is 0. The number of hydrogen-bond donors (Lipinski definition) is 3. The van der Waals surface area contributed by atoms with E-state index in [1.54, 1.807) is 0 Å². The summed E-state index contributed by atoms with van der Waals surface area (Å²) in [4.78, 5) is 13.9. The van der Waals surface area contributed by atoms with Crippen LogP contribution in [0, 0.1) is 5.92 Å². The molecule has 0 aromatic carbocycles. The van der Waals surface area contributed by atoms with Crippen molar-refractivity contribution in [2.45, 2.75) is 51.7 Å². The molecule has 1 fully saturated rings. The number of aromatic nitrogens is 3. The molecule has 0 saturated carbocycles. The molecule has 1 aliphatic rings. The number of aliphatic hydroxyl groups excluding tert-OH is 1. The number of β-amino-alcohol motifs (C(OH)–C–C–N with tert-alkyl or cyclic N) is 1. The second kappa shape index (κ2) is 9.58. The first kappa shape index (κ1) is 19.5. The van der Waals surface area contributed by atoms with Crippen molar-refractivity contribution < 1.29 is 5.11 Å². The molecule has 2 aromatic rings. The molecule has 0 aliphatic carbocycles. The Morgan fingerprint density at radius 2 is 2.12 bits per heavy atom. The average molecular weight is 378 g/mol. The van der Waals surface area contributed by atoms with Gasteiger partial charge in [-0.3, -0.25) is 4.90 Å². The number of nitrogen functional groups attached to an aromatic ring is 1. The predicted molar refractivity (Wildman–Crippen MR) is 109 cm³/mol. The molecule has 7 heteroatoms. The highest BCUT2D eigenvalue weighted by Gasteiger charge is 2.31. The Morgan fingerprint density at radius 3 is 2.96 bits per heavy atom. The van der Waals surface area contributed by atoms with E-state index < -0.39 is 0 Å². The van der Waals surface area contributed by atoms with Crippen LogP contribution < -0.4 is 5.73 Å². The lowest BCUT2D eigenvalue weighted by atomic mass is 10.1. The third kappa shape index (κ3) is 4.90. The predicted octanol–water partition coefficient (Wildman–Crippen LogP) is 3.04. The average Bonchev–Trinajstić information content (AvgIpc) is 3.19. The van der Waals surface area contributed by atoms with Gasteiger partial charge >= 0.3 is 0 Å². The first-order valence-corrected chi connectivity index (χ1v) is 10.9. The van der Waals surface area contributed by atoms with Crippen molar-refractivity contribution in [3.8, 4) is 0 Å². The molecule has 0 spiro atoms. The summed E-state index contributed by atoms with van der Waals surface area (Å²) < 4.78 is 0. The minimum Gasteiger partial charge on any atom is -0.391 e. The van der Waals surface area contributed by atoms with E-state index in [0.717, 1.165) is 42.0 Å². The largest absolute Gasteiger partial charge is 0.391 e. The minimum absolute atomic E-state index is 0.229. The van der Waals surface area contributed by atoms with Crippen molar-refractivity contribution in [3.05, 3.63) is 18.1 Å². The van der Waals surface area contributed by atoms with Crippen molar-refractivity contribution in [2.24, 2.45) is 5.92 Å². The van der Waals surface area contributed by atoms with E-state index in [1.165, 1.54) is 44.2 Å². The zero-order valence-corrected chi connectivity index (χ0v) is 16.5. The van der Waals surface area contributed by atoms with E-state index in [0.29, 0.717) is 11.7 Å². The second-order valence-electron chi connectivity index (χ2n) is 7.31. The first-order chi connectivity index (χ1) is 12.7. The van der Waals surface area contributed by atoms with Crippen LogP contribution in [0.15, 0.2) is 12.5 Å². The van der Waals surface area contributed by atoms with Gasteiger partial charge < -0.3 is 15.8 Å². The number of unbranched alkanes of at least 4 members (excludes halogenated alkanes) is 4. The van der Waals surface area contributed by atoms with E-state index in [9.17, 15) is 5.11 Å². The number of nitrogens with zero attached hydrogens (tertiary/aromatic N) is 3. The third-order valence-electron chi connectivity index (χ3n) is 5.17. The van der Waals surface area contributed by atoms with E-state index in [-0.39, 0.29) is 6.10 Å². The normalized spacial score (nSPS) is 21.0. The lowest BCUT2D eigenvalue weighted by molar-refractivity contribution is 0.149. The molecule has 4 N–H and O–H groups in total. The zero-order valence-electron chi connectivity index (χ0n) is 15.7. The number of hydrogen-bond acceptors (Lipinski definition) is 6. The quantitative estimate of drug-likeness (QED) is 0.551. The third-order valence-corrected chi connectivity index (χ3v) is 6.41. The van der Waals surface area contributed by atoms with E-state index in [1.807, 2.05) is 18.0 Å². The second-order valence-corrected chi connectivity index (χ2v) is 8.46. The Balaban J connectivity index is 1.44. The first-order valence-electron chi connectivity index (χ1n) is 9.73. The highest BCUT2D eigenvalue weighted by Crippen LogP contribution is 2.26. The summed E-state index contributed by atoms with van der Waals surface area (Å²) in [5, 5.41) is 10.4. The molecule has 2 atom stereocenters. The fraction of sp³-hybridized carbons (Fsp3) is 0.684. The van der Waals surface area contributed by atoms with Gasteiger partial charge in [-0.25, -0.2) is 9.97 Å². The van der Waals surface area contributed by atoms with Gasteiger partial charge in [-0.05, 0) is 17.9 Å². The van der Waals surface area contributed by atoms with Crippen molar-refractivity contribution in [1.82, 2.24) is 19.9 Å². The molecular weight excluding hydrogens is 346 g/mol. The van der Waals surface area contributed by atoms with Gasteiger partial charge in [0.1, 0.15) is 11.8 Å². The maximum atomic E-state index is 10.4. The van der Waals surface area contributed by atoms with Crippen LogP contribution in [0.3, 0.4) is 0 Å². The number of H-pyrrole nitrogens is 1. The van der Waals surface area contributed by atoms with E-state index >= 15 is 0 Å². The lowest BCUT2D eigenvalue weighted by Crippen LogP contribution is -2.21. The molecule has 3 rings (SSSR count). The van der Waals surface area contributed by atoms with Gasteiger partial charge in [-0.1, -0.05) is 32.6 Å². The minimum atomic E-state index is -0.229. The van der Waals surface area contributed by atoms with Crippen LogP contribution in [0.4, 0.5) is 5.82 Å². The van der Waals surface area contributed by atoms with Crippen LogP contribution >= 0.6 is 11.8 Å². The molecule has 3 heterocycles. The molecule has 0 bridgehead atoms. The number of aliphatic hydroxyl groups is 1. The molecule has 0 radical (unpaired) electrons. The van der Waals surface area contributed by atoms with Crippen molar-refractivity contribution in [2.75, 3.05) is 30.3 Å². The number of rotatable bonds is 10. The molecule has 1 unspecified atom stereocenters. The number of aromatic amines is 1. The molecule has 0 amide bonds. The molecule has 1 saturated heterocycles. The van der Waals surface area contributed by atoms with Crippen molar-refractivity contribution in [1.29, 1.82) is 0 Å². The van der Waals surface area contributed by atoms with Crippen LogP contribution in [-0.2, 0) is 6.54 Å². The van der Waals surface area contributed by atoms with Crippen LogP contribution in [0.25, 0.3) is 11.0 Å². The molecule has 6 nitrogen and oxygen atoms in total. The van der Waals surface area contributed by atoms with Crippen LogP contribution in [0.1, 0.15) is 44.6 Å². The number of nitrogens with one attached hydrogen (secondary N) is 1. The monoisotopic (exact) mass is 377 g/mol. The van der Waals surface area contributed by atoms with E-state index in [2.05, 4.69) is 26.8 Å². The van der Waals surface area contributed by atoms with Gasteiger partial charge in [-0.2, -0.15) is 11.8 Å². The van der Waals surface area contributed by atoms with Gasteiger partial charge in [-0.15, -0.1) is 0 Å². The van der Waals surface area contributed by atoms with Gasteiger partial charge in [0.05, 0.1) is 11.6 Å². The Morgan fingerprint density at radius 1 is 1.27 bits per heavy atom. The number of likely N-dealkylation sites (tertiary alicyclic amines) is 1. The molecule has 144 valence electrons. The molecule has 26 heavy (non-hydrogen) atoms. The van der Waals surface area contributed by atoms with Crippen molar-refractivity contribution >= 4 is 28.6 Å². The topological polar surface area (TPSA) is 91.1 Å². The summed E-state index contributed by atoms with van der Waals surface area (Å²) >= 11 is 2.00. The molecular formula is C19H31N5OS. The summed E-state index contributed by atoms with van der Waals surface area (Å²) in [5.41, 5.74) is 8.69. The summed E-state index contributed by atoms with van der Waals surface area (Å²) in [6.07, 6.45) is 9.88. The zero-order chi connectivity index (χ0) is 18.4. The number of fused-ring (bicyclic) bond motifs is 1.